The Morgan fingerprint density at radius 1 is 1.03 bits per heavy atom. The highest BCUT2D eigenvalue weighted by atomic mass is 79.9. The van der Waals surface area contributed by atoms with E-state index in [2.05, 4.69) is 26.5 Å². The maximum Gasteiger partial charge on any atom is 0.343 e. The fourth-order valence-corrected chi connectivity index (χ4v) is 3.21. The molecule has 0 heterocycles. The number of nitrogens with one attached hydrogen (secondary N) is 1. The van der Waals surface area contributed by atoms with Gasteiger partial charge in [0.2, 0.25) is 0 Å². The third-order valence-corrected chi connectivity index (χ3v) is 5.15. The van der Waals surface area contributed by atoms with Crippen LogP contribution >= 0.6 is 15.9 Å². The number of nitro groups is 1. The van der Waals surface area contributed by atoms with Gasteiger partial charge in [-0.05, 0) is 73.5 Å². The molecule has 0 radical (unpaired) electrons. The molecule has 0 aliphatic rings. The first-order valence-electron chi connectivity index (χ1n) is 10.7. The quantitative estimate of drug-likeness (QED) is 0.125. The number of benzene rings is 3. The van der Waals surface area contributed by atoms with Crippen molar-refractivity contribution in [1.82, 2.24) is 5.43 Å². The number of carbonyl (C=O) groups is 2. The number of hydrazone groups is 1. The van der Waals surface area contributed by atoms with Gasteiger partial charge in [0.05, 0.1) is 23.3 Å². The molecule has 0 aliphatic carbocycles. The molecule has 3 rings (SSSR count). The zero-order valence-corrected chi connectivity index (χ0v) is 21.0. The van der Waals surface area contributed by atoms with Gasteiger partial charge in [-0.25, -0.2) is 10.2 Å². The highest BCUT2D eigenvalue weighted by Crippen LogP contribution is 2.29. The van der Waals surface area contributed by atoms with E-state index in [-0.39, 0.29) is 17.2 Å². The third-order valence-electron chi connectivity index (χ3n) is 4.62. The van der Waals surface area contributed by atoms with Crippen LogP contribution in [0.5, 0.6) is 17.2 Å². The van der Waals surface area contributed by atoms with E-state index in [4.69, 9.17) is 14.2 Å². The molecule has 10 nitrogen and oxygen atoms in total. The van der Waals surface area contributed by atoms with Crippen molar-refractivity contribution in [2.45, 2.75) is 13.8 Å². The Labute approximate surface area is 215 Å². The van der Waals surface area contributed by atoms with Crippen molar-refractivity contribution in [2.24, 2.45) is 5.10 Å². The van der Waals surface area contributed by atoms with Crippen LogP contribution in [0.4, 0.5) is 5.69 Å². The van der Waals surface area contributed by atoms with Gasteiger partial charge < -0.3 is 14.2 Å². The van der Waals surface area contributed by atoms with Crippen LogP contribution in [0.25, 0.3) is 0 Å². The maximum atomic E-state index is 12.4. The van der Waals surface area contributed by atoms with E-state index in [1.54, 1.807) is 62.4 Å². The molecule has 0 aliphatic heterocycles. The minimum atomic E-state index is -0.605. The smallest absolute Gasteiger partial charge is 0.343 e. The third kappa shape index (κ3) is 7.37. The van der Waals surface area contributed by atoms with Gasteiger partial charge in [0.25, 0.3) is 5.91 Å². The summed E-state index contributed by atoms with van der Waals surface area (Å²) in [6, 6.07) is 16.0. The molecule has 0 unspecified atom stereocenters. The molecule has 0 fully saturated rings. The van der Waals surface area contributed by atoms with Gasteiger partial charge in [0, 0.05) is 10.5 Å². The fourth-order valence-electron chi connectivity index (χ4n) is 2.95. The Hall–Kier alpha value is -4.25. The van der Waals surface area contributed by atoms with Gasteiger partial charge in [-0.15, -0.1) is 0 Å². The van der Waals surface area contributed by atoms with E-state index in [9.17, 15) is 19.7 Å². The second kappa shape index (κ2) is 12.5. The largest absolute Gasteiger partial charge is 0.490 e. The SMILES string of the molecule is CCOc1cc(C=NNC(=O)COc2ccc(C)cc2[N+](=O)[O-])ccc1OC(=O)c1ccc(Br)cc1. The number of hydrogen-bond acceptors (Lipinski definition) is 8. The molecule has 0 aromatic heterocycles. The van der Waals surface area contributed by atoms with Gasteiger partial charge in [0.1, 0.15) is 0 Å². The van der Waals surface area contributed by atoms with Gasteiger partial charge in [-0.2, -0.15) is 5.10 Å². The lowest BCUT2D eigenvalue weighted by Gasteiger charge is -2.11. The summed E-state index contributed by atoms with van der Waals surface area (Å²) in [7, 11) is 0. The van der Waals surface area contributed by atoms with Crippen LogP contribution in [0.15, 0.2) is 70.2 Å². The molecule has 1 amide bonds. The Kier molecular flexibility index (Phi) is 9.12. The summed E-state index contributed by atoms with van der Waals surface area (Å²) >= 11 is 3.32. The van der Waals surface area contributed by atoms with E-state index in [1.165, 1.54) is 18.3 Å². The summed E-state index contributed by atoms with van der Waals surface area (Å²) in [5, 5.41) is 15.0. The summed E-state index contributed by atoms with van der Waals surface area (Å²) < 4.78 is 17.2. The van der Waals surface area contributed by atoms with Crippen molar-refractivity contribution in [1.29, 1.82) is 0 Å². The number of ether oxygens (including phenoxy) is 3. The van der Waals surface area contributed by atoms with E-state index in [0.29, 0.717) is 29.0 Å². The molecular formula is C25H22BrN3O7. The lowest BCUT2D eigenvalue weighted by atomic mass is 10.2. The van der Waals surface area contributed by atoms with Crippen molar-refractivity contribution < 1.29 is 28.7 Å². The number of rotatable bonds is 10. The number of carbonyl (C=O) groups excluding carboxylic acids is 2. The van der Waals surface area contributed by atoms with E-state index < -0.39 is 23.4 Å². The second-order valence-electron chi connectivity index (χ2n) is 7.35. The maximum absolute atomic E-state index is 12.4. The molecule has 1 N–H and O–H groups in total. The fraction of sp³-hybridized carbons (Fsp3) is 0.160. The molecule has 0 atom stereocenters. The Balaban J connectivity index is 1.61. The topological polar surface area (TPSA) is 129 Å². The van der Waals surface area contributed by atoms with Crippen LogP contribution in [0.3, 0.4) is 0 Å². The second-order valence-corrected chi connectivity index (χ2v) is 8.26. The summed E-state index contributed by atoms with van der Waals surface area (Å²) in [6.45, 7) is 3.38. The lowest BCUT2D eigenvalue weighted by molar-refractivity contribution is -0.385. The molecule has 0 spiro atoms. The van der Waals surface area contributed by atoms with Crippen molar-refractivity contribution >= 4 is 39.7 Å². The predicted molar refractivity (Wildman–Crippen MR) is 136 cm³/mol. The van der Waals surface area contributed by atoms with Gasteiger partial charge in [0.15, 0.2) is 23.9 Å². The van der Waals surface area contributed by atoms with Gasteiger partial charge in [-0.1, -0.05) is 22.0 Å². The lowest BCUT2D eigenvalue weighted by Crippen LogP contribution is -2.24. The molecule has 0 bridgehead atoms. The van der Waals surface area contributed by atoms with E-state index in [0.717, 1.165) is 4.47 Å². The zero-order valence-electron chi connectivity index (χ0n) is 19.4. The van der Waals surface area contributed by atoms with Crippen LogP contribution in [-0.4, -0.2) is 36.2 Å². The minimum absolute atomic E-state index is 0.0145. The Morgan fingerprint density at radius 2 is 1.75 bits per heavy atom. The number of nitrogens with zero attached hydrogens (tertiary/aromatic N) is 2. The van der Waals surface area contributed by atoms with Gasteiger partial charge in [-0.3, -0.25) is 14.9 Å². The van der Waals surface area contributed by atoms with Crippen LogP contribution in [0.1, 0.15) is 28.4 Å². The van der Waals surface area contributed by atoms with E-state index >= 15 is 0 Å². The molecular weight excluding hydrogens is 534 g/mol. The van der Waals surface area contributed by atoms with Gasteiger partial charge >= 0.3 is 11.7 Å². The van der Waals surface area contributed by atoms with Crippen LogP contribution in [-0.2, 0) is 4.79 Å². The molecule has 0 saturated heterocycles. The van der Waals surface area contributed by atoms with Crippen molar-refractivity contribution in [2.75, 3.05) is 13.2 Å². The number of hydrogen-bond donors (Lipinski definition) is 1. The number of nitro benzene ring substituents is 1. The van der Waals surface area contributed by atoms with Crippen molar-refractivity contribution in [3.63, 3.8) is 0 Å². The highest BCUT2D eigenvalue weighted by Gasteiger charge is 2.16. The molecule has 3 aromatic rings. The zero-order chi connectivity index (χ0) is 26.1. The summed E-state index contributed by atoms with van der Waals surface area (Å²) in [6.07, 6.45) is 1.37. The monoisotopic (exact) mass is 555 g/mol. The molecule has 11 heteroatoms. The summed E-state index contributed by atoms with van der Waals surface area (Å²) in [4.78, 5) is 35.1. The first-order chi connectivity index (χ1) is 17.3. The normalized spacial score (nSPS) is 10.6. The standard InChI is InChI=1S/C25H22BrN3O7/c1-3-34-23-13-17(5-11-22(23)36-25(31)18-6-8-19(26)9-7-18)14-27-28-24(30)15-35-21-10-4-16(2)12-20(21)29(32)33/h4-14H,3,15H2,1-2H3,(H,28,30). The minimum Gasteiger partial charge on any atom is -0.490 e. The average molecular weight is 556 g/mol. The first-order valence-corrected chi connectivity index (χ1v) is 11.5. The molecule has 3 aromatic carbocycles. The molecule has 0 saturated carbocycles. The Morgan fingerprint density at radius 3 is 2.44 bits per heavy atom. The Bertz CT molecular complexity index is 1290. The number of halogens is 1. The van der Waals surface area contributed by atoms with Crippen LogP contribution < -0.4 is 19.6 Å². The van der Waals surface area contributed by atoms with Crippen molar-refractivity contribution in [3.8, 4) is 17.2 Å². The number of amides is 1. The highest BCUT2D eigenvalue weighted by molar-refractivity contribution is 9.10. The molecule has 186 valence electrons. The number of aryl methyl sites for hydroxylation is 1. The molecule has 36 heavy (non-hydrogen) atoms. The summed E-state index contributed by atoms with van der Waals surface area (Å²) in [5.74, 6) is -0.594. The average Bonchev–Trinajstić information content (AvgIpc) is 2.85. The first kappa shape index (κ1) is 26.4. The van der Waals surface area contributed by atoms with Crippen LogP contribution in [0.2, 0.25) is 0 Å². The van der Waals surface area contributed by atoms with Crippen molar-refractivity contribution in [3.05, 3.63) is 91.9 Å². The van der Waals surface area contributed by atoms with Crippen LogP contribution in [0, 0.1) is 17.0 Å². The van der Waals surface area contributed by atoms with E-state index in [1.807, 2.05) is 0 Å². The number of esters is 1. The predicted octanol–water partition coefficient (Wildman–Crippen LogP) is 4.81. The summed E-state index contributed by atoms with van der Waals surface area (Å²) in [5.41, 5.74) is 3.71.